The Balaban J connectivity index is 2.20. The Bertz CT molecular complexity index is 432. The van der Waals surface area contributed by atoms with Crippen molar-refractivity contribution in [3.8, 4) is 5.75 Å². The van der Waals surface area contributed by atoms with Crippen LogP contribution in [0.5, 0.6) is 5.75 Å². The first-order chi connectivity index (χ1) is 10.2. The molecule has 0 saturated heterocycles. The van der Waals surface area contributed by atoms with Crippen LogP contribution in [-0.2, 0) is 4.74 Å². The van der Waals surface area contributed by atoms with Gasteiger partial charge < -0.3 is 15.2 Å². The minimum atomic E-state index is -0.324. The average Bonchev–Trinajstić information content (AvgIpc) is 2.49. The Hall–Kier alpha value is -1.71. The van der Waals surface area contributed by atoms with Gasteiger partial charge in [0.25, 0.3) is 0 Å². The molecule has 0 spiro atoms. The zero-order valence-electron chi connectivity index (χ0n) is 13.2. The average molecular weight is 293 g/mol. The standard InChI is InChI=1S/C17H27NO3/c1-3-4-5-6-7-8-9-12-21-17(19)14-10-11-16(20-2)15(18)13-14/h10-11,13H,3-9,12,18H2,1-2H3. The molecule has 21 heavy (non-hydrogen) atoms. The van der Waals surface area contributed by atoms with E-state index in [9.17, 15) is 4.79 Å². The van der Waals surface area contributed by atoms with Gasteiger partial charge in [0.05, 0.1) is 25.0 Å². The summed E-state index contributed by atoms with van der Waals surface area (Å²) < 4.78 is 10.3. The number of methoxy groups -OCH3 is 1. The summed E-state index contributed by atoms with van der Waals surface area (Å²) in [5.74, 6) is 0.244. The third-order valence-electron chi connectivity index (χ3n) is 3.45. The quantitative estimate of drug-likeness (QED) is 0.399. The van der Waals surface area contributed by atoms with Crippen LogP contribution in [0.2, 0.25) is 0 Å². The van der Waals surface area contributed by atoms with Crippen LogP contribution in [-0.4, -0.2) is 19.7 Å². The first-order valence-electron chi connectivity index (χ1n) is 7.79. The molecule has 0 unspecified atom stereocenters. The molecule has 0 aliphatic rings. The molecule has 0 bridgehead atoms. The molecule has 1 aromatic rings. The zero-order valence-corrected chi connectivity index (χ0v) is 13.2. The van der Waals surface area contributed by atoms with Gasteiger partial charge in [0.15, 0.2) is 0 Å². The largest absolute Gasteiger partial charge is 0.495 e. The van der Waals surface area contributed by atoms with Gasteiger partial charge in [0.2, 0.25) is 0 Å². The number of carbonyl (C=O) groups excluding carboxylic acids is 1. The smallest absolute Gasteiger partial charge is 0.338 e. The van der Waals surface area contributed by atoms with E-state index in [2.05, 4.69) is 6.92 Å². The van der Waals surface area contributed by atoms with E-state index < -0.39 is 0 Å². The molecule has 2 N–H and O–H groups in total. The fraction of sp³-hybridized carbons (Fsp3) is 0.588. The molecule has 0 aliphatic heterocycles. The van der Waals surface area contributed by atoms with E-state index in [0.717, 1.165) is 12.8 Å². The Morgan fingerprint density at radius 2 is 1.76 bits per heavy atom. The second-order valence-electron chi connectivity index (χ2n) is 5.21. The number of carbonyl (C=O) groups is 1. The number of nitrogen functional groups attached to an aromatic ring is 1. The fourth-order valence-electron chi connectivity index (χ4n) is 2.17. The van der Waals surface area contributed by atoms with Crippen LogP contribution in [0.1, 0.15) is 62.2 Å². The van der Waals surface area contributed by atoms with Gasteiger partial charge >= 0.3 is 5.97 Å². The molecule has 118 valence electrons. The zero-order chi connectivity index (χ0) is 15.5. The summed E-state index contributed by atoms with van der Waals surface area (Å²) in [6, 6.07) is 4.94. The SMILES string of the molecule is CCCCCCCCCOC(=O)c1ccc(OC)c(N)c1. The predicted octanol–water partition coefficient (Wildman–Crippen LogP) is 4.18. The number of esters is 1. The molecule has 0 aromatic heterocycles. The van der Waals surface area contributed by atoms with E-state index in [4.69, 9.17) is 15.2 Å². The molecule has 0 aliphatic carbocycles. The van der Waals surface area contributed by atoms with Crippen molar-refractivity contribution < 1.29 is 14.3 Å². The summed E-state index contributed by atoms with van der Waals surface area (Å²) in [5, 5.41) is 0. The van der Waals surface area contributed by atoms with Crippen LogP contribution in [0.25, 0.3) is 0 Å². The fourth-order valence-corrected chi connectivity index (χ4v) is 2.17. The van der Waals surface area contributed by atoms with Crippen LogP contribution in [0.15, 0.2) is 18.2 Å². The maximum absolute atomic E-state index is 11.9. The molecule has 4 heteroatoms. The molecule has 0 fully saturated rings. The van der Waals surface area contributed by atoms with Crippen molar-refractivity contribution in [1.82, 2.24) is 0 Å². The molecule has 0 amide bonds. The lowest BCUT2D eigenvalue weighted by Gasteiger charge is -2.08. The first kappa shape index (κ1) is 17.3. The Morgan fingerprint density at radius 3 is 2.38 bits per heavy atom. The maximum atomic E-state index is 11.9. The van der Waals surface area contributed by atoms with E-state index in [0.29, 0.717) is 23.6 Å². The molecule has 4 nitrogen and oxygen atoms in total. The highest BCUT2D eigenvalue weighted by Crippen LogP contribution is 2.22. The molecule has 0 atom stereocenters. The lowest BCUT2D eigenvalue weighted by molar-refractivity contribution is 0.0497. The number of benzene rings is 1. The number of hydrogen-bond acceptors (Lipinski definition) is 4. The summed E-state index contributed by atoms with van der Waals surface area (Å²) in [7, 11) is 1.55. The van der Waals surface area contributed by atoms with Gasteiger partial charge in [0, 0.05) is 0 Å². The van der Waals surface area contributed by atoms with Crippen LogP contribution in [0.3, 0.4) is 0 Å². The van der Waals surface area contributed by atoms with E-state index in [1.165, 1.54) is 32.1 Å². The molecule has 0 heterocycles. The third-order valence-corrected chi connectivity index (χ3v) is 3.45. The monoisotopic (exact) mass is 293 g/mol. The van der Waals surface area contributed by atoms with Gasteiger partial charge in [-0.3, -0.25) is 0 Å². The van der Waals surface area contributed by atoms with Crippen molar-refractivity contribution in [2.75, 3.05) is 19.5 Å². The maximum Gasteiger partial charge on any atom is 0.338 e. The molecule has 1 aromatic carbocycles. The highest BCUT2D eigenvalue weighted by atomic mass is 16.5. The lowest BCUT2D eigenvalue weighted by Crippen LogP contribution is -2.07. The summed E-state index contributed by atoms with van der Waals surface area (Å²) in [6.45, 7) is 2.68. The second-order valence-corrected chi connectivity index (χ2v) is 5.21. The summed E-state index contributed by atoms with van der Waals surface area (Å²) in [5.41, 5.74) is 6.69. The minimum Gasteiger partial charge on any atom is -0.495 e. The summed E-state index contributed by atoms with van der Waals surface area (Å²) in [4.78, 5) is 11.9. The van der Waals surface area contributed by atoms with Crippen molar-refractivity contribution in [3.05, 3.63) is 23.8 Å². The Morgan fingerprint density at radius 1 is 1.10 bits per heavy atom. The van der Waals surface area contributed by atoms with Gasteiger partial charge in [-0.25, -0.2) is 4.79 Å². The van der Waals surface area contributed by atoms with Crippen LogP contribution >= 0.6 is 0 Å². The van der Waals surface area contributed by atoms with Crippen molar-refractivity contribution in [2.45, 2.75) is 51.9 Å². The highest BCUT2D eigenvalue weighted by molar-refractivity contribution is 5.91. The minimum absolute atomic E-state index is 0.324. The number of nitrogens with two attached hydrogens (primary N) is 1. The van der Waals surface area contributed by atoms with Gasteiger partial charge in [-0.15, -0.1) is 0 Å². The third kappa shape index (κ3) is 6.52. The van der Waals surface area contributed by atoms with E-state index in [1.54, 1.807) is 25.3 Å². The number of anilines is 1. The first-order valence-corrected chi connectivity index (χ1v) is 7.79. The second kappa shape index (κ2) is 10.1. The lowest BCUT2D eigenvalue weighted by atomic mass is 10.1. The van der Waals surface area contributed by atoms with Gasteiger partial charge in [-0.05, 0) is 24.6 Å². The number of ether oxygens (including phenoxy) is 2. The molecule has 0 radical (unpaired) electrons. The number of rotatable bonds is 10. The van der Waals surface area contributed by atoms with Gasteiger partial charge in [-0.2, -0.15) is 0 Å². The van der Waals surface area contributed by atoms with E-state index >= 15 is 0 Å². The summed E-state index contributed by atoms with van der Waals surface area (Å²) >= 11 is 0. The van der Waals surface area contributed by atoms with Crippen molar-refractivity contribution in [2.24, 2.45) is 0 Å². The van der Waals surface area contributed by atoms with E-state index in [1.807, 2.05) is 0 Å². The van der Waals surface area contributed by atoms with Gasteiger partial charge in [0.1, 0.15) is 5.75 Å². The van der Waals surface area contributed by atoms with Gasteiger partial charge in [-0.1, -0.05) is 45.4 Å². The topological polar surface area (TPSA) is 61.5 Å². The van der Waals surface area contributed by atoms with E-state index in [-0.39, 0.29) is 5.97 Å². The molecule has 0 saturated carbocycles. The van der Waals surface area contributed by atoms with Crippen molar-refractivity contribution in [3.63, 3.8) is 0 Å². The van der Waals surface area contributed by atoms with Crippen LogP contribution in [0.4, 0.5) is 5.69 Å². The number of unbranched alkanes of at least 4 members (excludes halogenated alkanes) is 6. The van der Waals surface area contributed by atoms with Crippen molar-refractivity contribution in [1.29, 1.82) is 0 Å². The predicted molar refractivity (Wildman–Crippen MR) is 85.7 cm³/mol. The Kier molecular flexibility index (Phi) is 8.32. The summed E-state index contributed by atoms with van der Waals surface area (Å²) in [6.07, 6.45) is 8.41. The van der Waals surface area contributed by atoms with Crippen LogP contribution < -0.4 is 10.5 Å². The molecular weight excluding hydrogens is 266 g/mol. The number of hydrogen-bond donors (Lipinski definition) is 1. The Labute approximate surface area is 127 Å². The van der Waals surface area contributed by atoms with Crippen LogP contribution in [0, 0.1) is 0 Å². The highest BCUT2D eigenvalue weighted by Gasteiger charge is 2.09. The normalized spacial score (nSPS) is 10.4. The van der Waals surface area contributed by atoms with Crippen molar-refractivity contribution >= 4 is 11.7 Å². The molecular formula is C17H27NO3. The molecule has 1 rings (SSSR count).